The molecule has 21 heavy (non-hydrogen) atoms. The Balaban J connectivity index is 1.84. The maximum absolute atomic E-state index is 6.27. The van der Waals surface area contributed by atoms with Crippen LogP contribution in [0.3, 0.4) is 0 Å². The van der Waals surface area contributed by atoms with Gasteiger partial charge >= 0.3 is 0 Å². The third-order valence-electron chi connectivity index (χ3n) is 3.87. The molecule has 114 valence electrons. The Morgan fingerprint density at radius 1 is 1.19 bits per heavy atom. The average Bonchev–Trinajstić information content (AvgIpc) is 2.86. The number of hydrogen-bond acceptors (Lipinski definition) is 3. The van der Waals surface area contributed by atoms with Crippen LogP contribution in [0, 0.1) is 0 Å². The molecular formula is C15H19Cl2N3S. The number of hydrogen-bond donors (Lipinski definition) is 0. The lowest BCUT2D eigenvalue weighted by Gasteiger charge is -2.26. The molecule has 1 aliphatic rings. The normalized spacial score (nSPS) is 16.7. The molecule has 3 nitrogen and oxygen atoms in total. The predicted molar refractivity (Wildman–Crippen MR) is 92.9 cm³/mol. The summed E-state index contributed by atoms with van der Waals surface area (Å²) in [5.74, 6) is 4.11. The van der Waals surface area contributed by atoms with Crippen molar-refractivity contribution < 1.29 is 0 Å². The van der Waals surface area contributed by atoms with Crippen molar-refractivity contribution >= 4 is 46.0 Å². The van der Waals surface area contributed by atoms with Crippen molar-refractivity contribution in [1.82, 2.24) is 14.5 Å². The SMILES string of the molecule is ClCCc1nc2c(Cl)cccc2n1CCN1CCSCC1. The zero-order valence-corrected chi connectivity index (χ0v) is 14.2. The molecule has 1 fully saturated rings. The highest BCUT2D eigenvalue weighted by atomic mass is 35.5. The number of rotatable bonds is 5. The van der Waals surface area contributed by atoms with E-state index in [1.54, 1.807) is 0 Å². The van der Waals surface area contributed by atoms with Crippen molar-refractivity contribution in [2.75, 3.05) is 37.0 Å². The number of benzene rings is 1. The topological polar surface area (TPSA) is 21.1 Å². The van der Waals surface area contributed by atoms with Crippen molar-refractivity contribution in [3.05, 3.63) is 29.0 Å². The van der Waals surface area contributed by atoms with Gasteiger partial charge in [-0.05, 0) is 12.1 Å². The van der Waals surface area contributed by atoms with E-state index < -0.39 is 0 Å². The van der Waals surface area contributed by atoms with Crippen LogP contribution in [0.4, 0.5) is 0 Å². The standard InChI is InChI=1S/C15H19Cl2N3S/c16-5-4-14-18-15-12(17)2-1-3-13(15)20(14)7-6-19-8-10-21-11-9-19/h1-3H,4-11H2. The first-order chi connectivity index (χ1) is 10.3. The van der Waals surface area contributed by atoms with Crippen LogP contribution < -0.4 is 0 Å². The largest absolute Gasteiger partial charge is 0.327 e. The molecule has 0 N–H and O–H groups in total. The fourth-order valence-corrected chi connectivity index (χ4v) is 4.11. The molecule has 1 saturated heterocycles. The highest BCUT2D eigenvalue weighted by Gasteiger charge is 2.15. The first-order valence-electron chi connectivity index (χ1n) is 7.29. The Hall–Kier alpha value is -0.420. The maximum atomic E-state index is 6.27. The van der Waals surface area contributed by atoms with E-state index >= 15 is 0 Å². The smallest absolute Gasteiger partial charge is 0.111 e. The minimum absolute atomic E-state index is 0.585. The third-order valence-corrected chi connectivity index (χ3v) is 5.31. The predicted octanol–water partition coefficient (Wildman–Crippen LogP) is 3.52. The summed E-state index contributed by atoms with van der Waals surface area (Å²) < 4.78 is 2.28. The second-order valence-electron chi connectivity index (χ2n) is 5.18. The molecule has 0 bridgehead atoms. The minimum Gasteiger partial charge on any atom is -0.327 e. The number of imidazole rings is 1. The lowest BCUT2D eigenvalue weighted by molar-refractivity contribution is 0.289. The van der Waals surface area contributed by atoms with E-state index in [9.17, 15) is 0 Å². The molecule has 2 aromatic rings. The summed E-state index contributed by atoms with van der Waals surface area (Å²) in [5.41, 5.74) is 2.02. The highest BCUT2D eigenvalue weighted by Crippen LogP contribution is 2.24. The van der Waals surface area contributed by atoms with Gasteiger partial charge in [-0.15, -0.1) is 11.6 Å². The Kier molecular flexibility index (Phi) is 5.33. The molecule has 0 amide bonds. The first-order valence-corrected chi connectivity index (χ1v) is 9.36. The second kappa shape index (κ2) is 7.23. The number of aromatic nitrogens is 2. The lowest BCUT2D eigenvalue weighted by atomic mass is 10.3. The van der Waals surface area contributed by atoms with Crippen LogP contribution in [0.5, 0.6) is 0 Å². The number of halogens is 2. The first kappa shape index (κ1) is 15.5. The Labute approximate surface area is 139 Å². The van der Waals surface area contributed by atoms with Crippen LogP contribution >= 0.6 is 35.0 Å². The second-order valence-corrected chi connectivity index (χ2v) is 7.19. The molecule has 0 atom stereocenters. The van der Waals surface area contributed by atoms with Crippen LogP contribution in [0.1, 0.15) is 5.82 Å². The van der Waals surface area contributed by atoms with Crippen LogP contribution in [0.25, 0.3) is 11.0 Å². The van der Waals surface area contributed by atoms with Gasteiger partial charge in [-0.1, -0.05) is 17.7 Å². The zero-order valence-electron chi connectivity index (χ0n) is 11.9. The molecule has 0 saturated carbocycles. The fourth-order valence-electron chi connectivity index (χ4n) is 2.75. The summed E-state index contributed by atoms with van der Waals surface area (Å²) in [6.07, 6.45) is 0.780. The number of thioether (sulfide) groups is 1. The molecule has 0 spiro atoms. The quantitative estimate of drug-likeness (QED) is 0.775. The molecule has 0 unspecified atom stereocenters. The summed E-state index contributed by atoms with van der Waals surface area (Å²) in [5, 5.41) is 0.719. The fraction of sp³-hybridized carbons (Fsp3) is 0.533. The summed E-state index contributed by atoms with van der Waals surface area (Å²) in [6.45, 7) is 4.38. The van der Waals surface area contributed by atoms with Crippen molar-refractivity contribution in [3.8, 4) is 0 Å². The van der Waals surface area contributed by atoms with Gasteiger partial charge in [-0.25, -0.2) is 4.98 Å². The summed E-state index contributed by atoms with van der Waals surface area (Å²) in [6, 6.07) is 5.98. The van der Waals surface area contributed by atoms with Gasteiger partial charge in [0, 0.05) is 50.0 Å². The van der Waals surface area contributed by atoms with Gasteiger partial charge in [0.2, 0.25) is 0 Å². The van der Waals surface area contributed by atoms with Crippen molar-refractivity contribution in [2.24, 2.45) is 0 Å². The molecule has 2 heterocycles. The van der Waals surface area contributed by atoms with E-state index in [1.807, 2.05) is 23.9 Å². The molecule has 1 aromatic heterocycles. The van der Waals surface area contributed by atoms with Gasteiger partial charge in [0.05, 0.1) is 10.5 Å². The van der Waals surface area contributed by atoms with Gasteiger partial charge in [0.25, 0.3) is 0 Å². The van der Waals surface area contributed by atoms with E-state index in [-0.39, 0.29) is 0 Å². The van der Waals surface area contributed by atoms with Crippen LogP contribution in [-0.2, 0) is 13.0 Å². The van der Waals surface area contributed by atoms with Crippen LogP contribution in [0.2, 0.25) is 5.02 Å². The zero-order chi connectivity index (χ0) is 14.7. The van der Waals surface area contributed by atoms with E-state index in [1.165, 1.54) is 24.6 Å². The van der Waals surface area contributed by atoms with Gasteiger partial charge in [-0.2, -0.15) is 11.8 Å². The van der Waals surface area contributed by atoms with E-state index in [0.29, 0.717) is 5.88 Å². The molecule has 1 aliphatic heterocycles. The molecule has 3 rings (SSSR count). The van der Waals surface area contributed by atoms with Crippen LogP contribution in [-0.4, -0.2) is 51.5 Å². The van der Waals surface area contributed by atoms with Gasteiger partial charge < -0.3 is 4.57 Å². The highest BCUT2D eigenvalue weighted by molar-refractivity contribution is 7.99. The molecule has 0 aliphatic carbocycles. The number of alkyl halides is 1. The van der Waals surface area contributed by atoms with Crippen molar-refractivity contribution in [2.45, 2.75) is 13.0 Å². The summed E-state index contributed by atoms with van der Waals surface area (Å²) >= 11 is 14.2. The summed E-state index contributed by atoms with van der Waals surface area (Å²) in [7, 11) is 0. The van der Waals surface area contributed by atoms with Gasteiger partial charge in [0.15, 0.2) is 0 Å². The third kappa shape index (κ3) is 3.50. The number of para-hydroxylation sites is 1. The Morgan fingerprint density at radius 3 is 2.76 bits per heavy atom. The van der Waals surface area contributed by atoms with Gasteiger partial charge in [-0.3, -0.25) is 4.90 Å². The average molecular weight is 344 g/mol. The molecule has 6 heteroatoms. The number of fused-ring (bicyclic) bond motifs is 1. The maximum Gasteiger partial charge on any atom is 0.111 e. The van der Waals surface area contributed by atoms with Crippen molar-refractivity contribution in [1.29, 1.82) is 0 Å². The van der Waals surface area contributed by atoms with E-state index in [2.05, 4.69) is 20.5 Å². The number of aryl methyl sites for hydroxylation is 1. The molecular weight excluding hydrogens is 325 g/mol. The molecule has 1 aromatic carbocycles. The monoisotopic (exact) mass is 343 g/mol. The van der Waals surface area contributed by atoms with Gasteiger partial charge in [0.1, 0.15) is 11.3 Å². The van der Waals surface area contributed by atoms with E-state index in [4.69, 9.17) is 23.2 Å². The Bertz CT molecular complexity index is 608. The van der Waals surface area contributed by atoms with Crippen molar-refractivity contribution in [3.63, 3.8) is 0 Å². The minimum atomic E-state index is 0.585. The summed E-state index contributed by atoms with van der Waals surface area (Å²) in [4.78, 5) is 7.21. The lowest BCUT2D eigenvalue weighted by Crippen LogP contribution is -2.35. The van der Waals surface area contributed by atoms with E-state index in [0.717, 1.165) is 41.4 Å². The Morgan fingerprint density at radius 2 is 2.00 bits per heavy atom. The molecule has 0 radical (unpaired) electrons. The van der Waals surface area contributed by atoms with Crippen LogP contribution in [0.15, 0.2) is 18.2 Å². The number of nitrogens with zero attached hydrogens (tertiary/aromatic N) is 3.